The molecule has 1 atom stereocenters. The van der Waals surface area contributed by atoms with E-state index < -0.39 is 5.60 Å². The number of aryl methyl sites for hydroxylation is 1. The highest BCUT2D eigenvalue weighted by molar-refractivity contribution is 5.77. The number of fused-ring (bicyclic) bond motifs is 1. The van der Waals surface area contributed by atoms with E-state index in [-0.39, 0.29) is 12.1 Å². The molecule has 0 aromatic heterocycles. The molecule has 1 aliphatic rings. The molecule has 4 nitrogen and oxygen atoms in total. The Morgan fingerprint density at radius 1 is 1.47 bits per heavy atom. The molecule has 4 heteroatoms. The van der Waals surface area contributed by atoms with E-state index in [0.717, 1.165) is 24.0 Å². The smallest absolute Gasteiger partial charge is 0.408 e. The molecule has 1 aliphatic carbocycles. The Morgan fingerprint density at radius 3 is 2.84 bits per heavy atom. The molecular formula is C15H20N2O2. The van der Waals surface area contributed by atoms with Crippen LogP contribution in [0.1, 0.15) is 49.9 Å². The molecule has 1 aromatic rings. The molecule has 0 fully saturated rings. The van der Waals surface area contributed by atoms with Crippen molar-refractivity contribution in [3.8, 4) is 0 Å². The van der Waals surface area contributed by atoms with Crippen LogP contribution in [0.3, 0.4) is 0 Å². The van der Waals surface area contributed by atoms with E-state index in [1.165, 1.54) is 11.8 Å². The molecule has 0 bridgehead atoms. The quantitative estimate of drug-likeness (QED) is 0.802. The predicted octanol–water partition coefficient (Wildman–Crippen LogP) is 3.20. The first-order valence-electron chi connectivity index (χ1n) is 6.52. The summed E-state index contributed by atoms with van der Waals surface area (Å²) in [6.07, 6.45) is 2.78. The Balaban J connectivity index is 2.06. The number of hydrogen-bond acceptors (Lipinski definition) is 3. The third-order valence-corrected chi connectivity index (χ3v) is 3.10. The summed E-state index contributed by atoms with van der Waals surface area (Å²) in [5.41, 5.74) is 2.77. The molecule has 2 N–H and O–H groups in total. The molecule has 0 aliphatic heterocycles. The van der Waals surface area contributed by atoms with Crippen LogP contribution < -0.4 is 5.32 Å². The van der Waals surface area contributed by atoms with Gasteiger partial charge in [0.05, 0.1) is 6.04 Å². The summed E-state index contributed by atoms with van der Waals surface area (Å²) in [4.78, 5) is 11.8. The lowest BCUT2D eigenvalue weighted by Gasteiger charge is -2.22. The number of carbonyl (C=O) groups excluding carboxylic acids is 1. The summed E-state index contributed by atoms with van der Waals surface area (Å²) in [7, 11) is 0. The summed E-state index contributed by atoms with van der Waals surface area (Å²) in [6.45, 7) is 5.56. The number of rotatable bonds is 2. The Bertz CT molecular complexity index is 503. The van der Waals surface area contributed by atoms with Gasteiger partial charge in [-0.15, -0.1) is 0 Å². The third-order valence-electron chi connectivity index (χ3n) is 3.10. The van der Waals surface area contributed by atoms with Crippen LogP contribution in [0.15, 0.2) is 18.2 Å². The lowest BCUT2D eigenvalue weighted by molar-refractivity contribution is 0.0503. The maximum atomic E-state index is 11.8. The van der Waals surface area contributed by atoms with Crippen molar-refractivity contribution in [3.63, 3.8) is 0 Å². The number of benzene rings is 1. The Labute approximate surface area is 113 Å². The zero-order valence-corrected chi connectivity index (χ0v) is 11.6. The Hall–Kier alpha value is -1.84. The van der Waals surface area contributed by atoms with Crippen LogP contribution in [-0.2, 0) is 11.2 Å². The fraction of sp³-hybridized carbons (Fsp3) is 0.467. The highest BCUT2D eigenvalue weighted by Gasteiger charge is 2.26. The predicted molar refractivity (Wildman–Crippen MR) is 74.8 cm³/mol. The van der Waals surface area contributed by atoms with Gasteiger partial charge in [0.2, 0.25) is 0 Å². The molecule has 1 aromatic carbocycles. The number of nitrogens with one attached hydrogen (secondary N) is 2. The van der Waals surface area contributed by atoms with Gasteiger partial charge in [0, 0.05) is 6.21 Å². The number of ether oxygens (including phenoxy) is 1. The molecular weight excluding hydrogens is 240 g/mol. The number of carbonyl (C=O) groups is 1. The molecule has 0 heterocycles. The highest BCUT2D eigenvalue weighted by atomic mass is 16.6. The van der Waals surface area contributed by atoms with Gasteiger partial charge in [-0.3, -0.25) is 0 Å². The topological polar surface area (TPSA) is 62.2 Å². The van der Waals surface area contributed by atoms with Gasteiger partial charge in [-0.05, 0) is 56.4 Å². The number of alkyl carbamates (subject to hydrolysis) is 1. The first-order chi connectivity index (χ1) is 8.89. The van der Waals surface area contributed by atoms with Crippen LogP contribution in [0, 0.1) is 5.41 Å². The zero-order chi connectivity index (χ0) is 14.0. The second-order valence-electron chi connectivity index (χ2n) is 5.84. The normalized spacial score (nSPS) is 17.7. The SMILES string of the molecule is CC(C)(C)OC(=O)NC1CCc2cc(C=N)ccc21. The van der Waals surface area contributed by atoms with Crippen molar-refractivity contribution in [1.29, 1.82) is 5.41 Å². The van der Waals surface area contributed by atoms with Crippen molar-refractivity contribution in [2.24, 2.45) is 0 Å². The van der Waals surface area contributed by atoms with E-state index in [4.69, 9.17) is 10.1 Å². The first kappa shape index (κ1) is 13.6. The minimum absolute atomic E-state index is 0.0182. The molecule has 0 spiro atoms. The van der Waals surface area contributed by atoms with Crippen LogP contribution in [0.2, 0.25) is 0 Å². The average Bonchev–Trinajstić information content (AvgIpc) is 2.69. The van der Waals surface area contributed by atoms with Gasteiger partial charge >= 0.3 is 6.09 Å². The highest BCUT2D eigenvalue weighted by Crippen LogP contribution is 2.31. The van der Waals surface area contributed by atoms with E-state index in [0.29, 0.717) is 0 Å². The van der Waals surface area contributed by atoms with Gasteiger partial charge in [-0.1, -0.05) is 12.1 Å². The minimum atomic E-state index is -0.477. The molecule has 1 unspecified atom stereocenters. The van der Waals surface area contributed by atoms with Crippen LogP contribution in [-0.4, -0.2) is 17.9 Å². The Kier molecular flexibility index (Phi) is 3.60. The average molecular weight is 260 g/mol. The van der Waals surface area contributed by atoms with Crippen molar-refractivity contribution >= 4 is 12.3 Å². The first-order valence-corrected chi connectivity index (χ1v) is 6.52. The lowest BCUT2D eigenvalue weighted by Crippen LogP contribution is -2.34. The maximum absolute atomic E-state index is 11.8. The van der Waals surface area contributed by atoms with Crippen LogP contribution in [0.4, 0.5) is 4.79 Å². The van der Waals surface area contributed by atoms with E-state index >= 15 is 0 Å². The molecule has 0 saturated heterocycles. The fourth-order valence-corrected chi connectivity index (χ4v) is 2.33. The lowest BCUT2D eigenvalue weighted by atomic mass is 10.1. The van der Waals surface area contributed by atoms with Crippen molar-refractivity contribution in [2.45, 2.75) is 45.3 Å². The van der Waals surface area contributed by atoms with Gasteiger partial charge in [-0.25, -0.2) is 4.79 Å². The molecule has 19 heavy (non-hydrogen) atoms. The summed E-state index contributed by atoms with van der Waals surface area (Å²) in [5.74, 6) is 0. The molecule has 0 saturated carbocycles. The van der Waals surface area contributed by atoms with E-state index in [1.54, 1.807) is 0 Å². The van der Waals surface area contributed by atoms with Gasteiger partial charge in [0.15, 0.2) is 0 Å². The second kappa shape index (κ2) is 5.03. The molecule has 1 amide bonds. The standard InChI is InChI=1S/C15H20N2O2/c1-15(2,3)19-14(18)17-13-7-5-11-8-10(9-16)4-6-12(11)13/h4,6,8-9,13,16H,5,7H2,1-3H3,(H,17,18). The monoisotopic (exact) mass is 260 g/mol. The Morgan fingerprint density at radius 2 is 2.21 bits per heavy atom. The molecule has 2 rings (SSSR count). The zero-order valence-electron chi connectivity index (χ0n) is 11.6. The summed E-state index contributed by atoms with van der Waals surface area (Å²) >= 11 is 0. The molecule has 102 valence electrons. The van der Waals surface area contributed by atoms with Crippen LogP contribution >= 0.6 is 0 Å². The van der Waals surface area contributed by atoms with E-state index in [9.17, 15) is 4.79 Å². The maximum Gasteiger partial charge on any atom is 0.408 e. The van der Waals surface area contributed by atoms with E-state index in [1.807, 2.05) is 39.0 Å². The van der Waals surface area contributed by atoms with Gasteiger partial charge in [0.25, 0.3) is 0 Å². The third kappa shape index (κ3) is 3.34. The minimum Gasteiger partial charge on any atom is -0.444 e. The largest absolute Gasteiger partial charge is 0.444 e. The number of hydrogen-bond donors (Lipinski definition) is 2. The summed E-state index contributed by atoms with van der Waals surface area (Å²) in [6, 6.07) is 5.93. The van der Waals surface area contributed by atoms with Crippen molar-refractivity contribution in [1.82, 2.24) is 5.32 Å². The van der Waals surface area contributed by atoms with Gasteiger partial charge in [0.1, 0.15) is 5.60 Å². The summed E-state index contributed by atoms with van der Waals surface area (Å²) < 4.78 is 5.27. The molecule has 0 radical (unpaired) electrons. The van der Waals surface area contributed by atoms with Gasteiger partial charge in [-0.2, -0.15) is 0 Å². The second-order valence-corrected chi connectivity index (χ2v) is 5.84. The van der Waals surface area contributed by atoms with Crippen molar-refractivity contribution in [3.05, 3.63) is 34.9 Å². The van der Waals surface area contributed by atoms with Crippen molar-refractivity contribution in [2.75, 3.05) is 0 Å². The van der Waals surface area contributed by atoms with Crippen molar-refractivity contribution < 1.29 is 9.53 Å². The van der Waals surface area contributed by atoms with Gasteiger partial charge < -0.3 is 15.5 Å². The van der Waals surface area contributed by atoms with Crippen LogP contribution in [0.25, 0.3) is 0 Å². The van der Waals surface area contributed by atoms with E-state index in [2.05, 4.69) is 5.32 Å². The number of amides is 1. The summed E-state index contributed by atoms with van der Waals surface area (Å²) in [5, 5.41) is 10.2. The van der Waals surface area contributed by atoms with Crippen LogP contribution in [0.5, 0.6) is 0 Å². The fourth-order valence-electron chi connectivity index (χ4n) is 2.33.